The fourth-order valence-electron chi connectivity index (χ4n) is 4.64. The van der Waals surface area contributed by atoms with E-state index in [2.05, 4.69) is 80.8 Å². The molecule has 0 saturated carbocycles. The zero-order valence-corrected chi connectivity index (χ0v) is 22.5. The van der Waals surface area contributed by atoms with Crippen LogP contribution in [0, 0.1) is 6.92 Å². The smallest absolute Gasteiger partial charge is 0.316 e. The lowest BCUT2D eigenvalue weighted by Crippen LogP contribution is -2.47. The molecule has 1 aromatic heterocycles. The number of halogens is 2. The van der Waals surface area contributed by atoms with Gasteiger partial charge >= 0.3 is 6.03 Å². The van der Waals surface area contributed by atoms with Crippen molar-refractivity contribution in [3.63, 3.8) is 0 Å². The van der Waals surface area contributed by atoms with Crippen LogP contribution in [0.3, 0.4) is 0 Å². The van der Waals surface area contributed by atoms with Gasteiger partial charge in [0.25, 0.3) is 0 Å². The number of pyridine rings is 1. The first-order valence-electron chi connectivity index (χ1n) is 12.1. The van der Waals surface area contributed by atoms with E-state index < -0.39 is 6.03 Å². The number of benzene rings is 3. The lowest BCUT2D eigenvalue weighted by Gasteiger charge is -2.36. The Balaban J connectivity index is 0.000000412. The van der Waals surface area contributed by atoms with E-state index in [0.29, 0.717) is 0 Å². The number of piperazine rings is 1. The summed E-state index contributed by atoms with van der Waals surface area (Å²) in [6.45, 7) is 7.13. The second-order valence-electron chi connectivity index (χ2n) is 9.15. The molecule has 0 radical (unpaired) electrons. The topological polar surface area (TPSA) is 74.5 Å². The molecule has 0 spiro atoms. The van der Waals surface area contributed by atoms with E-state index >= 15 is 0 Å². The molecule has 0 bridgehead atoms. The lowest BCUT2D eigenvalue weighted by atomic mass is 10.1. The number of fused-ring (bicyclic) bond motifs is 2. The largest absolute Gasteiger partial charge is 0.368 e. The Morgan fingerprint density at radius 3 is 2.24 bits per heavy atom. The molecule has 2 amide bonds. The number of nitrogens with zero attached hydrogens (tertiary/aromatic N) is 3. The molecule has 6 nitrogen and oxygen atoms in total. The number of carbonyl (C=O) groups is 1. The fourth-order valence-corrected chi connectivity index (χ4v) is 4.64. The molecule has 3 N–H and O–H groups in total. The van der Waals surface area contributed by atoms with Crippen molar-refractivity contribution < 1.29 is 4.79 Å². The average Bonchev–Trinajstić information content (AvgIpc) is 3.46. The van der Waals surface area contributed by atoms with Crippen molar-refractivity contribution in [2.75, 3.05) is 42.9 Å². The predicted octanol–water partition coefficient (Wildman–Crippen LogP) is 5.91. The third-order valence-electron chi connectivity index (χ3n) is 6.58. The highest BCUT2D eigenvalue weighted by molar-refractivity contribution is 5.92. The maximum Gasteiger partial charge on any atom is 0.316 e. The second kappa shape index (κ2) is 12.8. The van der Waals surface area contributed by atoms with Gasteiger partial charge in [0, 0.05) is 55.2 Å². The van der Waals surface area contributed by atoms with Gasteiger partial charge in [-0.3, -0.25) is 9.88 Å². The molecule has 3 aliphatic rings. The SMILES string of the molecule is Cc1ccc2c(N3CCN(CCc4cccc(NC(N)=O)c4)CC3)cccc2n1.Cl.Cl.c1cc2cc-2c1. The minimum Gasteiger partial charge on any atom is -0.368 e. The van der Waals surface area contributed by atoms with E-state index in [9.17, 15) is 4.79 Å². The highest BCUT2D eigenvalue weighted by Gasteiger charge is 2.18. The van der Waals surface area contributed by atoms with Crippen LogP contribution in [0.5, 0.6) is 0 Å². The van der Waals surface area contributed by atoms with Crippen LogP contribution in [0.15, 0.2) is 78.9 Å². The molecule has 1 aliphatic heterocycles. The maximum atomic E-state index is 11.0. The number of aryl methyl sites for hydroxylation is 1. The molecule has 1 saturated heterocycles. The number of nitrogens with one attached hydrogen (secondary N) is 1. The lowest BCUT2D eigenvalue weighted by molar-refractivity contribution is 0.259. The Labute approximate surface area is 230 Å². The first-order chi connectivity index (χ1) is 17.0. The van der Waals surface area contributed by atoms with E-state index in [-0.39, 0.29) is 24.8 Å². The van der Waals surface area contributed by atoms with Crippen molar-refractivity contribution >= 4 is 53.1 Å². The molecule has 194 valence electrons. The molecule has 3 aromatic rings. The minimum atomic E-state index is -0.530. The average molecular weight is 539 g/mol. The Hall–Kier alpha value is -3.32. The van der Waals surface area contributed by atoms with Crippen molar-refractivity contribution in [1.82, 2.24) is 9.88 Å². The molecule has 2 aromatic carbocycles. The number of hydrogen-bond acceptors (Lipinski definition) is 4. The van der Waals surface area contributed by atoms with Crippen LogP contribution in [0.2, 0.25) is 0 Å². The maximum absolute atomic E-state index is 11.0. The van der Waals surface area contributed by atoms with Crippen LogP contribution in [0.4, 0.5) is 16.2 Å². The van der Waals surface area contributed by atoms with Crippen molar-refractivity contribution in [1.29, 1.82) is 0 Å². The number of hydrogen-bond donors (Lipinski definition) is 2. The number of primary amides is 1. The van der Waals surface area contributed by atoms with E-state index in [1.807, 2.05) is 25.1 Å². The van der Waals surface area contributed by atoms with Crippen LogP contribution < -0.4 is 16.0 Å². The summed E-state index contributed by atoms with van der Waals surface area (Å²) in [5.74, 6) is 0. The van der Waals surface area contributed by atoms with Crippen molar-refractivity contribution in [3.05, 3.63) is 90.1 Å². The third-order valence-corrected chi connectivity index (χ3v) is 6.58. The van der Waals surface area contributed by atoms with Crippen LogP contribution in [-0.2, 0) is 6.42 Å². The number of nitrogens with two attached hydrogens (primary N) is 1. The summed E-state index contributed by atoms with van der Waals surface area (Å²) in [5, 5.41) is 3.87. The van der Waals surface area contributed by atoms with Crippen LogP contribution >= 0.6 is 24.8 Å². The van der Waals surface area contributed by atoms with Gasteiger partial charge in [0.05, 0.1) is 5.52 Å². The highest BCUT2D eigenvalue weighted by atomic mass is 35.5. The van der Waals surface area contributed by atoms with Crippen LogP contribution in [0.1, 0.15) is 11.3 Å². The number of rotatable bonds is 5. The number of aromatic nitrogens is 1. The van der Waals surface area contributed by atoms with Crippen molar-refractivity contribution in [2.45, 2.75) is 13.3 Å². The first-order valence-corrected chi connectivity index (χ1v) is 12.1. The fraction of sp³-hybridized carbons (Fsp3) is 0.241. The van der Waals surface area contributed by atoms with E-state index in [4.69, 9.17) is 5.73 Å². The summed E-state index contributed by atoms with van der Waals surface area (Å²) >= 11 is 0. The number of urea groups is 1. The Morgan fingerprint density at radius 1 is 0.892 bits per heavy atom. The zero-order valence-electron chi connectivity index (χ0n) is 20.9. The van der Waals surface area contributed by atoms with Gasteiger partial charge in [-0.2, -0.15) is 0 Å². The molecular weight excluding hydrogens is 505 g/mol. The van der Waals surface area contributed by atoms with Crippen molar-refractivity contribution in [2.24, 2.45) is 5.73 Å². The first kappa shape index (κ1) is 28.3. The van der Waals surface area contributed by atoms with E-state index in [1.165, 1.54) is 27.8 Å². The Bertz CT molecular complexity index is 1340. The number of anilines is 2. The van der Waals surface area contributed by atoms with Gasteiger partial charge in [-0.1, -0.05) is 36.4 Å². The summed E-state index contributed by atoms with van der Waals surface area (Å²) in [4.78, 5) is 20.7. The van der Waals surface area contributed by atoms with Gasteiger partial charge in [-0.05, 0) is 72.5 Å². The molecule has 2 heterocycles. The van der Waals surface area contributed by atoms with E-state index in [1.54, 1.807) is 0 Å². The molecule has 0 unspecified atom stereocenters. The molecule has 37 heavy (non-hydrogen) atoms. The molecule has 8 heteroatoms. The standard InChI is InChI=1S/C23H27N5O.C6H4.2ClH/c1-17-8-9-20-21(25-17)6-3-7-22(20)28-14-12-27(13-15-28)11-10-18-4-2-5-19(16-18)26-23(24)29;1-2-5-4-6(5)3-1;;/h2-9,16H,10-15H2,1H3,(H3,24,26,29);1-4H;2*1H. The summed E-state index contributed by atoms with van der Waals surface area (Å²) in [5.41, 5.74) is 13.4. The van der Waals surface area contributed by atoms with Gasteiger partial charge < -0.3 is 16.0 Å². The van der Waals surface area contributed by atoms with Crippen molar-refractivity contribution in [3.8, 4) is 11.1 Å². The Kier molecular flexibility index (Phi) is 9.75. The van der Waals surface area contributed by atoms with Gasteiger partial charge in [0.1, 0.15) is 0 Å². The predicted molar refractivity (Wildman–Crippen MR) is 158 cm³/mol. The molecule has 6 rings (SSSR count). The molecule has 2 aliphatic carbocycles. The number of amides is 2. The number of carbonyl (C=O) groups excluding carboxylic acids is 1. The monoisotopic (exact) mass is 537 g/mol. The third kappa shape index (κ3) is 7.35. The normalized spacial score (nSPS) is 13.5. The zero-order chi connectivity index (χ0) is 24.2. The Morgan fingerprint density at radius 2 is 1.59 bits per heavy atom. The molecular formula is C29H33Cl2N5O. The quantitative estimate of drug-likeness (QED) is 0.292. The van der Waals surface area contributed by atoms with Gasteiger partial charge in [-0.25, -0.2) is 4.79 Å². The summed E-state index contributed by atoms with van der Waals surface area (Å²) < 4.78 is 0. The van der Waals surface area contributed by atoms with E-state index in [0.717, 1.165) is 56.0 Å². The molecule has 0 atom stereocenters. The van der Waals surface area contributed by atoms with Gasteiger partial charge in [0.15, 0.2) is 0 Å². The van der Waals surface area contributed by atoms with Crippen LogP contribution in [0.25, 0.3) is 22.0 Å². The summed E-state index contributed by atoms with van der Waals surface area (Å²) in [6, 6.07) is 26.5. The highest BCUT2D eigenvalue weighted by Crippen LogP contribution is 2.32. The van der Waals surface area contributed by atoms with Gasteiger partial charge in [-0.15, -0.1) is 24.8 Å². The van der Waals surface area contributed by atoms with Crippen LogP contribution in [-0.4, -0.2) is 48.6 Å². The summed E-state index contributed by atoms with van der Waals surface area (Å²) in [6.07, 6.45) is 0.950. The summed E-state index contributed by atoms with van der Waals surface area (Å²) in [7, 11) is 0. The molecule has 1 fully saturated rings. The minimum absolute atomic E-state index is 0. The van der Waals surface area contributed by atoms with Gasteiger partial charge in [0.2, 0.25) is 0 Å². The second-order valence-corrected chi connectivity index (χ2v) is 9.15.